The largest absolute Gasteiger partial charge is 0.497 e. The molecule has 1 aliphatic heterocycles. The summed E-state index contributed by atoms with van der Waals surface area (Å²) in [6.45, 7) is 1.37. The van der Waals surface area contributed by atoms with Crippen molar-refractivity contribution in [3.05, 3.63) is 30.5 Å². The zero-order valence-electron chi connectivity index (χ0n) is 13.1. The Bertz CT molecular complexity index is 722. The van der Waals surface area contributed by atoms with Gasteiger partial charge in [-0.1, -0.05) is 13.0 Å². The number of ether oxygens (including phenoxy) is 2. The summed E-state index contributed by atoms with van der Waals surface area (Å²) in [6, 6.07) is 7.17. The van der Waals surface area contributed by atoms with Gasteiger partial charge in [0.1, 0.15) is 12.4 Å². The molecule has 0 unspecified atom stereocenters. The first kappa shape index (κ1) is 15.5. The molecule has 23 heavy (non-hydrogen) atoms. The van der Waals surface area contributed by atoms with E-state index in [0.29, 0.717) is 11.6 Å². The minimum Gasteiger partial charge on any atom is -0.497 e. The molecule has 1 aliphatic rings. The Morgan fingerprint density at radius 1 is 1.35 bits per heavy atom. The Kier molecular flexibility index (Phi) is 4.32. The molecule has 1 fully saturated rings. The smallest absolute Gasteiger partial charge is 0.223 e. The van der Waals surface area contributed by atoms with Gasteiger partial charge in [0.15, 0.2) is 0 Å². The van der Waals surface area contributed by atoms with Crippen LogP contribution in [0.4, 0.5) is 4.39 Å². The highest BCUT2D eigenvalue weighted by atomic mass is 19.1. The molecular weight excluding hydrogens is 299 g/mol. The van der Waals surface area contributed by atoms with Crippen molar-refractivity contribution >= 4 is 16.7 Å². The topological polar surface area (TPSA) is 60.5 Å². The van der Waals surface area contributed by atoms with Crippen LogP contribution in [0, 0.1) is 11.8 Å². The lowest BCUT2D eigenvalue weighted by Gasteiger charge is -2.18. The van der Waals surface area contributed by atoms with Crippen LogP contribution >= 0.6 is 0 Å². The number of halogens is 1. The van der Waals surface area contributed by atoms with Crippen molar-refractivity contribution in [2.45, 2.75) is 13.0 Å². The number of methoxy groups -OCH3 is 1. The zero-order valence-corrected chi connectivity index (χ0v) is 13.1. The van der Waals surface area contributed by atoms with Gasteiger partial charge in [0, 0.05) is 23.4 Å². The Balaban J connectivity index is 1.80. The number of amides is 1. The van der Waals surface area contributed by atoms with Crippen LogP contribution in [0.5, 0.6) is 11.6 Å². The number of carbonyl (C=O) groups excluding carboxylic acids is 1. The molecule has 3 rings (SSSR count). The second kappa shape index (κ2) is 6.40. The second-order valence-electron chi connectivity index (χ2n) is 5.74. The molecule has 3 atom stereocenters. The fourth-order valence-corrected chi connectivity index (χ4v) is 2.90. The molecule has 6 heteroatoms. The number of alkyl halides is 1. The van der Waals surface area contributed by atoms with Crippen molar-refractivity contribution in [1.29, 1.82) is 0 Å². The van der Waals surface area contributed by atoms with Gasteiger partial charge in [-0.25, -0.2) is 4.98 Å². The molecule has 0 radical (unpaired) electrons. The molecule has 1 aromatic heterocycles. The van der Waals surface area contributed by atoms with E-state index in [0.717, 1.165) is 10.8 Å². The van der Waals surface area contributed by atoms with Crippen LogP contribution < -0.4 is 14.8 Å². The van der Waals surface area contributed by atoms with Crippen molar-refractivity contribution in [3.8, 4) is 11.6 Å². The first-order valence-electron chi connectivity index (χ1n) is 7.56. The third-order valence-corrected chi connectivity index (χ3v) is 4.41. The molecule has 2 heterocycles. The van der Waals surface area contributed by atoms with Crippen LogP contribution in [-0.2, 0) is 4.79 Å². The summed E-state index contributed by atoms with van der Waals surface area (Å²) in [5.41, 5.74) is 0. The Labute approximate surface area is 133 Å². The number of hydrogen-bond donors (Lipinski definition) is 1. The number of nitrogens with zero attached hydrogens (tertiary/aromatic N) is 1. The molecule has 122 valence electrons. The Hall–Kier alpha value is -2.37. The second-order valence-corrected chi connectivity index (χ2v) is 5.74. The fourth-order valence-electron chi connectivity index (χ4n) is 2.90. The van der Waals surface area contributed by atoms with Gasteiger partial charge in [-0.3, -0.25) is 9.18 Å². The number of benzene rings is 1. The lowest BCUT2D eigenvalue weighted by atomic mass is 9.93. The molecule has 0 aliphatic carbocycles. The number of hydrogen-bond acceptors (Lipinski definition) is 4. The molecule has 1 aromatic carbocycles. The molecule has 0 saturated carbocycles. The minimum absolute atomic E-state index is 0.131. The van der Waals surface area contributed by atoms with Crippen LogP contribution in [-0.4, -0.2) is 37.3 Å². The van der Waals surface area contributed by atoms with E-state index in [1.165, 1.54) is 0 Å². The summed E-state index contributed by atoms with van der Waals surface area (Å²) in [5.74, 6) is 0.322. The minimum atomic E-state index is -0.551. The molecule has 0 bridgehead atoms. The first-order valence-corrected chi connectivity index (χ1v) is 7.56. The van der Waals surface area contributed by atoms with Crippen LogP contribution in [0.1, 0.15) is 6.92 Å². The Morgan fingerprint density at radius 3 is 2.91 bits per heavy atom. The molecule has 0 spiro atoms. The zero-order chi connectivity index (χ0) is 16.4. The number of fused-ring (bicyclic) bond motifs is 1. The summed E-state index contributed by atoms with van der Waals surface area (Å²) in [4.78, 5) is 15.9. The average Bonchev–Trinajstić information content (AvgIpc) is 2.86. The van der Waals surface area contributed by atoms with E-state index in [1.807, 2.05) is 24.3 Å². The predicted molar refractivity (Wildman–Crippen MR) is 84.3 cm³/mol. The highest BCUT2D eigenvalue weighted by Gasteiger charge is 2.39. The normalized spacial score (nSPS) is 23.8. The molecule has 5 nitrogen and oxygen atoms in total. The van der Waals surface area contributed by atoms with Crippen molar-refractivity contribution < 1.29 is 18.7 Å². The standard InChI is InChI=1S/C17H19FN2O3/c1-10-14(8-18)15(20-16(10)21)9-23-17-13-7-12(22-2)4-3-11(13)5-6-19-17/h3-7,10,14-15H,8-9H2,1-2H3,(H,20,21)/t10-,14-,15+/m0/s1. The first-order chi connectivity index (χ1) is 11.1. The van der Waals surface area contributed by atoms with Crippen LogP contribution in [0.2, 0.25) is 0 Å². The van der Waals surface area contributed by atoms with Gasteiger partial charge in [0.2, 0.25) is 11.8 Å². The van der Waals surface area contributed by atoms with Crippen molar-refractivity contribution in [2.75, 3.05) is 20.4 Å². The number of rotatable bonds is 5. The Morgan fingerprint density at radius 2 is 2.17 bits per heavy atom. The van der Waals surface area contributed by atoms with E-state index in [9.17, 15) is 9.18 Å². The maximum Gasteiger partial charge on any atom is 0.223 e. The van der Waals surface area contributed by atoms with E-state index in [2.05, 4.69) is 10.3 Å². The highest BCUT2D eigenvalue weighted by Crippen LogP contribution is 2.29. The number of aromatic nitrogens is 1. The number of nitrogens with one attached hydrogen (secondary N) is 1. The van der Waals surface area contributed by atoms with Crippen LogP contribution in [0.15, 0.2) is 30.5 Å². The number of carbonyl (C=O) groups is 1. The van der Waals surface area contributed by atoms with E-state index in [4.69, 9.17) is 9.47 Å². The molecule has 2 aromatic rings. The fraction of sp³-hybridized carbons (Fsp3) is 0.412. The van der Waals surface area contributed by atoms with Crippen molar-refractivity contribution in [3.63, 3.8) is 0 Å². The summed E-state index contributed by atoms with van der Waals surface area (Å²) < 4.78 is 24.2. The lowest BCUT2D eigenvalue weighted by molar-refractivity contribution is -0.122. The van der Waals surface area contributed by atoms with Gasteiger partial charge in [0.25, 0.3) is 0 Å². The summed E-state index contributed by atoms with van der Waals surface area (Å²) in [6.07, 6.45) is 1.66. The van der Waals surface area contributed by atoms with Gasteiger partial charge < -0.3 is 14.8 Å². The van der Waals surface area contributed by atoms with E-state index in [-0.39, 0.29) is 30.4 Å². The third kappa shape index (κ3) is 2.93. The van der Waals surface area contributed by atoms with Crippen molar-refractivity contribution in [1.82, 2.24) is 10.3 Å². The summed E-state index contributed by atoms with van der Waals surface area (Å²) >= 11 is 0. The maximum atomic E-state index is 13.2. The summed E-state index contributed by atoms with van der Waals surface area (Å²) in [5, 5.41) is 4.58. The molecular formula is C17H19FN2O3. The third-order valence-electron chi connectivity index (χ3n) is 4.41. The molecule has 1 amide bonds. The maximum absolute atomic E-state index is 13.2. The summed E-state index contributed by atoms with van der Waals surface area (Å²) in [7, 11) is 1.60. The number of pyridine rings is 1. The van der Waals surface area contributed by atoms with Gasteiger partial charge >= 0.3 is 0 Å². The molecule has 1 saturated heterocycles. The quantitative estimate of drug-likeness (QED) is 0.919. The average molecular weight is 318 g/mol. The van der Waals surface area contributed by atoms with Gasteiger partial charge in [-0.05, 0) is 23.6 Å². The van der Waals surface area contributed by atoms with Gasteiger partial charge in [-0.15, -0.1) is 0 Å². The van der Waals surface area contributed by atoms with Crippen LogP contribution in [0.3, 0.4) is 0 Å². The molecule has 1 N–H and O–H groups in total. The lowest BCUT2D eigenvalue weighted by Crippen LogP contribution is -2.35. The van der Waals surface area contributed by atoms with E-state index in [1.54, 1.807) is 20.2 Å². The van der Waals surface area contributed by atoms with Gasteiger partial charge in [0.05, 0.1) is 19.8 Å². The SMILES string of the molecule is COc1ccc2ccnc(OC[C@H]3NC(=O)[C@@H](C)[C@@H]3CF)c2c1. The van der Waals surface area contributed by atoms with Gasteiger partial charge in [-0.2, -0.15) is 0 Å². The monoisotopic (exact) mass is 318 g/mol. The highest BCUT2D eigenvalue weighted by molar-refractivity contribution is 5.88. The van der Waals surface area contributed by atoms with E-state index < -0.39 is 6.67 Å². The predicted octanol–water partition coefficient (Wildman–Crippen LogP) is 2.34. The van der Waals surface area contributed by atoms with Crippen LogP contribution in [0.25, 0.3) is 10.8 Å². The van der Waals surface area contributed by atoms with E-state index >= 15 is 0 Å². The van der Waals surface area contributed by atoms with Crippen molar-refractivity contribution in [2.24, 2.45) is 11.8 Å².